The van der Waals surface area contributed by atoms with E-state index in [0.717, 1.165) is 17.1 Å². The number of carbonyl (C=O) groups is 1. The molecule has 0 unspecified atom stereocenters. The van der Waals surface area contributed by atoms with Gasteiger partial charge in [0.05, 0.1) is 34.4 Å². The van der Waals surface area contributed by atoms with Crippen molar-refractivity contribution in [2.75, 3.05) is 0 Å². The van der Waals surface area contributed by atoms with Crippen LogP contribution in [-0.4, -0.2) is 36.1 Å². The third-order valence-corrected chi connectivity index (χ3v) is 8.36. The molecule has 0 fully saturated rings. The summed E-state index contributed by atoms with van der Waals surface area (Å²) < 4.78 is 6.46. The number of nitrogens with one attached hydrogen (secondary N) is 2. The van der Waals surface area contributed by atoms with E-state index in [1.165, 1.54) is 20.9 Å². The van der Waals surface area contributed by atoms with Crippen LogP contribution in [0.1, 0.15) is 43.0 Å². The van der Waals surface area contributed by atoms with Crippen molar-refractivity contribution in [2.45, 2.75) is 0 Å². The molecule has 0 saturated carbocycles. The standard InChI is InChI=1S/C16H10Cl2N2OS.C9H8N2O.C9H8N2S/c17-13-3-1-4-14(18)12(13)7-6-11-8-9-19-20(11)16(21)15-5-2-10-22-15;2*1-2-9(12-7-1)4-3-8-5-6-10-11-8/h1-10H;2*1-7H,(H,10,11)/b7-6+;2*4-3+. The summed E-state index contributed by atoms with van der Waals surface area (Å²) >= 11 is 15.4. The fraction of sp³-hybridized carbons (Fsp3) is 0. The molecule has 0 spiro atoms. The van der Waals surface area contributed by atoms with Gasteiger partial charge >= 0.3 is 0 Å². The van der Waals surface area contributed by atoms with Crippen LogP contribution in [0.2, 0.25) is 10.0 Å². The summed E-state index contributed by atoms with van der Waals surface area (Å²) in [7, 11) is 0. The Morgan fingerprint density at radius 2 is 1.43 bits per heavy atom. The van der Waals surface area contributed by atoms with Crippen LogP contribution in [0.15, 0.2) is 113 Å². The van der Waals surface area contributed by atoms with Gasteiger partial charge in [-0.25, -0.2) is 0 Å². The summed E-state index contributed by atoms with van der Waals surface area (Å²) in [5, 5.41) is 22.5. The summed E-state index contributed by atoms with van der Waals surface area (Å²) in [6.07, 6.45) is 18.1. The van der Waals surface area contributed by atoms with E-state index >= 15 is 0 Å². The lowest BCUT2D eigenvalue weighted by molar-refractivity contribution is 0.0948. The van der Waals surface area contributed by atoms with Crippen molar-refractivity contribution in [1.82, 2.24) is 30.2 Å². The Kier molecular flexibility index (Phi) is 11.9. The van der Waals surface area contributed by atoms with Crippen LogP contribution >= 0.6 is 45.9 Å². The van der Waals surface area contributed by atoms with Gasteiger partial charge in [-0.1, -0.05) is 41.4 Å². The zero-order valence-electron chi connectivity index (χ0n) is 24.0. The van der Waals surface area contributed by atoms with Gasteiger partial charge in [-0.2, -0.15) is 20.0 Å². The highest BCUT2D eigenvalue weighted by Gasteiger charge is 2.13. The number of aromatic nitrogens is 6. The zero-order valence-corrected chi connectivity index (χ0v) is 27.2. The quantitative estimate of drug-likeness (QED) is 0.174. The lowest BCUT2D eigenvalue weighted by Gasteiger charge is -2.03. The Morgan fingerprint density at radius 3 is 2.04 bits per heavy atom. The lowest BCUT2D eigenvalue weighted by Crippen LogP contribution is -2.13. The molecule has 2 N–H and O–H groups in total. The van der Waals surface area contributed by atoms with Crippen molar-refractivity contribution in [3.8, 4) is 0 Å². The molecule has 0 radical (unpaired) electrons. The second kappa shape index (κ2) is 16.9. The molecule has 6 aromatic heterocycles. The number of benzene rings is 1. The maximum atomic E-state index is 12.4. The molecule has 0 amide bonds. The molecule has 7 aromatic rings. The highest BCUT2D eigenvalue weighted by atomic mass is 35.5. The van der Waals surface area contributed by atoms with E-state index in [1.807, 2.05) is 60.0 Å². The van der Waals surface area contributed by atoms with Gasteiger partial charge in [0.15, 0.2) is 0 Å². The number of rotatable bonds is 7. The average molecular weight is 686 g/mol. The number of hydrogen-bond donors (Lipinski definition) is 2. The van der Waals surface area contributed by atoms with Crippen LogP contribution < -0.4 is 0 Å². The maximum Gasteiger partial charge on any atom is 0.288 e. The fourth-order valence-corrected chi connectivity index (χ4v) is 5.58. The molecule has 8 nitrogen and oxygen atoms in total. The molecule has 0 aliphatic heterocycles. The first-order valence-electron chi connectivity index (χ1n) is 13.7. The average Bonchev–Trinajstić information content (AvgIpc) is 3.92. The zero-order chi connectivity index (χ0) is 32.0. The number of carbonyl (C=O) groups excluding carboxylic acids is 1. The normalized spacial score (nSPS) is 11.1. The molecule has 0 aliphatic rings. The van der Waals surface area contributed by atoms with Crippen LogP contribution in [0, 0.1) is 0 Å². The van der Waals surface area contributed by atoms with Crippen molar-refractivity contribution in [3.05, 3.63) is 157 Å². The molecule has 0 bridgehead atoms. The summed E-state index contributed by atoms with van der Waals surface area (Å²) in [6.45, 7) is 0. The van der Waals surface area contributed by atoms with Crippen LogP contribution in [0.25, 0.3) is 36.5 Å². The van der Waals surface area contributed by atoms with Crippen LogP contribution in [0.5, 0.6) is 0 Å². The Bertz CT molecular complexity index is 1810. The monoisotopic (exact) mass is 684 g/mol. The van der Waals surface area contributed by atoms with Crippen molar-refractivity contribution < 1.29 is 9.21 Å². The second-order valence-corrected chi connectivity index (χ2v) is 11.9. The summed E-state index contributed by atoms with van der Waals surface area (Å²) in [4.78, 5) is 14.2. The summed E-state index contributed by atoms with van der Waals surface area (Å²) in [6, 6.07) is 22.4. The third kappa shape index (κ3) is 9.50. The molecule has 1 aromatic carbocycles. The number of aromatic amines is 2. The molecule has 7 rings (SSSR count). The second-order valence-electron chi connectivity index (χ2n) is 9.14. The largest absolute Gasteiger partial charge is 0.465 e. The summed E-state index contributed by atoms with van der Waals surface area (Å²) in [5.41, 5.74) is 3.37. The predicted molar refractivity (Wildman–Crippen MR) is 190 cm³/mol. The SMILES string of the molecule is C(=C\c1ccco1)/c1ccn[nH]1.C(=C\c1cccs1)/c1ccn[nH]1.O=C(c1cccs1)n1nccc1/C=C/c1c(Cl)cccc1Cl. The van der Waals surface area contributed by atoms with Gasteiger partial charge in [-0.05, 0) is 102 Å². The minimum absolute atomic E-state index is 0.162. The van der Waals surface area contributed by atoms with Crippen LogP contribution in [-0.2, 0) is 0 Å². The van der Waals surface area contributed by atoms with E-state index in [0.29, 0.717) is 26.2 Å². The Balaban J connectivity index is 0.000000147. The number of halogens is 2. The van der Waals surface area contributed by atoms with Gasteiger partial charge in [-0.15, -0.1) is 22.7 Å². The lowest BCUT2D eigenvalue weighted by atomic mass is 10.2. The van der Waals surface area contributed by atoms with Crippen LogP contribution in [0.3, 0.4) is 0 Å². The maximum absolute atomic E-state index is 12.4. The molecule has 6 heterocycles. The van der Waals surface area contributed by atoms with E-state index in [-0.39, 0.29) is 5.91 Å². The minimum Gasteiger partial charge on any atom is -0.465 e. The molecule has 0 saturated heterocycles. The van der Waals surface area contributed by atoms with Crippen molar-refractivity contribution in [1.29, 1.82) is 0 Å². The van der Waals surface area contributed by atoms with Gasteiger partial charge in [0, 0.05) is 32.9 Å². The first-order chi connectivity index (χ1) is 22.6. The number of nitrogens with zero attached hydrogens (tertiary/aromatic N) is 4. The van der Waals surface area contributed by atoms with Gasteiger partial charge in [0.2, 0.25) is 0 Å². The third-order valence-electron chi connectivity index (χ3n) is 6.00. The predicted octanol–water partition coefficient (Wildman–Crippen LogP) is 9.92. The highest BCUT2D eigenvalue weighted by Crippen LogP contribution is 2.26. The molecule has 0 aliphatic carbocycles. The molecule has 46 heavy (non-hydrogen) atoms. The van der Waals surface area contributed by atoms with Gasteiger partial charge in [0.1, 0.15) is 5.76 Å². The fourth-order valence-electron chi connectivity index (χ4n) is 3.79. The molecular weight excluding hydrogens is 659 g/mol. The molecular formula is C34H26Cl2N6O2S2. The first kappa shape index (κ1) is 32.4. The number of thiophene rings is 2. The van der Waals surface area contributed by atoms with Gasteiger partial charge in [0.25, 0.3) is 5.91 Å². The van der Waals surface area contributed by atoms with E-state index in [2.05, 4.69) is 43.0 Å². The van der Waals surface area contributed by atoms with E-state index in [4.69, 9.17) is 27.6 Å². The molecule has 12 heteroatoms. The van der Waals surface area contributed by atoms with E-state index < -0.39 is 0 Å². The van der Waals surface area contributed by atoms with E-state index in [1.54, 1.807) is 78.7 Å². The Morgan fingerprint density at radius 1 is 0.717 bits per heavy atom. The number of hydrogen-bond acceptors (Lipinski definition) is 7. The topological polar surface area (TPSA) is 105 Å². The first-order valence-corrected chi connectivity index (χ1v) is 16.2. The molecule has 230 valence electrons. The van der Waals surface area contributed by atoms with E-state index in [9.17, 15) is 4.79 Å². The number of furan rings is 1. The highest BCUT2D eigenvalue weighted by molar-refractivity contribution is 7.12. The van der Waals surface area contributed by atoms with Crippen molar-refractivity contribution in [2.24, 2.45) is 0 Å². The Labute approximate surface area is 283 Å². The van der Waals surface area contributed by atoms with Crippen molar-refractivity contribution in [3.63, 3.8) is 0 Å². The number of H-pyrrole nitrogens is 2. The minimum atomic E-state index is -0.162. The summed E-state index contributed by atoms with van der Waals surface area (Å²) in [5.74, 6) is 0.675. The van der Waals surface area contributed by atoms with Gasteiger partial charge < -0.3 is 4.42 Å². The van der Waals surface area contributed by atoms with Crippen molar-refractivity contribution >= 4 is 88.2 Å². The smallest absolute Gasteiger partial charge is 0.288 e. The van der Waals surface area contributed by atoms with Crippen LogP contribution in [0.4, 0.5) is 0 Å². The molecule has 0 atom stereocenters. The Hall–Kier alpha value is -5.00. The van der Waals surface area contributed by atoms with Gasteiger partial charge in [-0.3, -0.25) is 15.0 Å².